The van der Waals surface area contributed by atoms with Crippen molar-refractivity contribution in [2.24, 2.45) is 0 Å². The summed E-state index contributed by atoms with van der Waals surface area (Å²) in [4.78, 5) is 17.3. The van der Waals surface area contributed by atoms with Crippen LogP contribution in [0, 0.1) is 0 Å². The Balaban J connectivity index is 1.81. The predicted octanol–water partition coefficient (Wildman–Crippen LogP) is 3.51. The van der Waals surface area contributed by atoms with Crippen LogP contribution in [0.2, 0.25) is 5.15 Å². The number of nitrogens with one attached hydrogen (secondary N) is 1. The topological polar surface area (TPSA) is 71.1 Å². The van der Waals surface area contributed by atoms with Crippen LogP contribution in [0.25, 0.3) is 11.0 Å². The van der Waals surface area contributed by atoms with Gasteiger partial charge in [-0.25, -0.2) is 4.79 Å². The van der Waals surface area contributed by atoms with Gasteiger partial charge in [0, 0.05) is 29.6 Å². The molecule has 3 heterocycles. The van der Waals surface area contributed by atoms with Crippen LogP contribution >= 0.6 is 11.6 Å². The molecule has 124 valence electrons. The number of carbonyl (C=O) groups is 1. The van der Waals surface area contributed by atoms with Crippen LogP contribution < -0.4 is 0 Å². The number of hydrogen-bond acceptors (Lipinski definition) is 4. The van der Waals surface area contributed by atoms with Crippen molar-refractivity contribution in [2.75, 3.05) is 13.1 Å². The first-order valence-electron chi connectivity index (χ1n) is 7.67. The molecule has 1 aliphatic rings. The molecule has 1 unspecified atom stereocenters. The minimum Gasteiger partial charge on any atom is -0.444 e. The molecule has 0 aromatic carbocycles. The average molecular weight is 337 g/mol. The predicted molar refractivity (Wildman–Crippen MR) is 88.7 cm³/mol. The smallest absolute Gasteiger partial charge is 0.410 e. The lowest BCUT2D eigenvalue weighted by Crippen LogP contribution is -2.37. The van der Waals surface area contributed by atoms with Gasteiger partial charge in [-0.2, -0.15) is 0 Å². The van der Waals surface area contributed by atoms with Crippen LogP contribution in [0.1, 0.15) is 39.8 Å². The number of fused-ring (bicyclic) bond motifs is 1. The zero-order chi connectivity index (χ0) is 16.8. The van der Waals surface area contributed by atoms with Gasteiger partial charge in [0.1, 0.15) is 5.60 Å². The third-order valence-corrected chi connectivity index (χ3v) is 4.31. The number of halogens is 1. The number of ether oxygens (including phenoxy) is 1. The number of nitrogens with zero attached hydrogens (tertiary/aromatic N) is 3. The molecule has 2 aromatic rings. The van der Waals surface area contributed by atoms with Crippen molar-refractivity contribution in [2.45, 2.75) is 45.1 Å². The van der Waals surface area contributed by atoms with Gasteiger partial charge in [-0.05, 0) is 39.3 Å². The Hall–Kier alpha value is -1.82. The Bertz CT molecular complexity index is 752. The second-order valence-corrected chi connectivity index (χ2v) is 7.75. The summed E-state index contributed by atoms with van der Waals surface area (Å²) in [6, 6.07) is 3.82. The molecule has 6 nitrogen and oxygen atoms in total. The van der Waals surface area contributed by atoms with Crippen LogP contribution in [0.3, 0.4) is 0 Å². The highest BCUT2D eigenvalue weighted by molar-refractivity contribution is 6.29. The van der Waals surface area contributed by atoms with Gasteiger partial charge in [-0.3, -0.25) is 0 Å². The largest absolute Gasteiger partial charge is 0.444 e. The number of H-pyrrole nitrogens is 1. The molecule has 23 heavy (non-hydrogen) atoms. The van der Waals surface area contributed by atoms with E-state index in [0.717, 1.165) is 17.5 Å². The van der Waals surface area contributed by atoms with Crippen molar-refractivity contribution >= 4 is 28.7 Å². The lowest BCUT2D eigenvalue weighted by Gasteiger charge is -2.26. The molecule has 0 radical (unpaired) electrons. The molecule has 1 atom stereocenters. The van der Waals surface area contributed by atoms with Crippen molar-refractivity contribution in [1.82, 2.24) is 20.1 Å². The van der Waals surface area contributed by atoms with E-state index in [0.29, 0.717) is 23.9 Å². The van der Waals surface area contributed by atoms with Crippen molar-refractivity contribution in [1.29, 1.82) is 0 Å². The summed E-state index contributed by atoms with van der Waals surface area (Å²) in [5, 5.41) is 9.21. The summed E-state index contributed by atoms with van der Waals surface area (Å²) >= 11 is 5.89. The van der Waals surface area contributed by atoms with E-state index in [-0.39, 0.29) is 11.5 Å². The van der Waals surface area contributed by atoms with E-state index in [4.69, 9.17) is 16.3 Å². The third-order valence-electron chi connectivity index (χ3n) is 4.12. The summed E-state index contributed by atoms with van der Waals surface area (Å²) < 4.78 is 5.46. The van der Waals surface area contributed by atoms with Crippen LogP contribution in [-0.4, -0.2) is 44.9 Å². The zero-order valence-electron chi connectivity index (χ0n) is 13.8. The quantitative estimate of drug-likeness (QED) is 0.865. The lowest BCUT2D eigenvalue weighted by molar-refractivity contribution is 0.0285. The maximum Gasteiger partial charge on any atom is 0.410 e. The van der Waals surface area contributed by atoms with Gasteiger partial charge in [0.15, 0.2) is 10.8 Å². The molecule has 7 heteroatoms. The maximum absolute atomic E-state index is 12.3. The number of rotatable bonds is 1. The second-order valence-electron chi connectivity index (χ2n) is 7.37. The molecular weight excluding hydrogens is 316 g/mol. The molecule has 1 fully saturated rings. The number of carbonyl (C=O) groups excluding carboxylic acids is 1. The van der Waals surface area contributed by atoms with Gasteiger partial charge in [0.05, 0.1) is 0 Å². The van der Waals surface area contributed by atoms with Gasteiger partial charge in [-0.1, -0.05) is 18.5 Å². The van der Waals surface area contributed by atoms with Crippen molar-refractivity contribution in [3.05, 3.63) is 23.0 Å². The van der Waals surface area contributed by atoms with E-state index in [1.165, 1.54) is 0 Å². The fraction of sp³-hybridized carbons (Fsp3) is 0.562. The molecule has 0 spiro atoms. The second kappa shape index (κ2) is 5.37. The van der Waals surface area contributed by atoms with Crippen LogP contribution in [0.5, 0.6) is 0 Å². The van der Waals surface area contributed by atoms with E-state index in [9.17, 15) is 4.79 Å². The fourth-order valence-electron chi connectivity index (χ4n) is 2.90. The van der Waals surface area contributed by atoms with Gasteiger partial charge < -0.3 is 14.6 Å². The molecule has 1 N–H and O–H groups in total. The summed E-state index contributed by atoms with van der Waals surface area (Å²) in [7, 11) is 0. The van der Waals surface area contributed by atoms with E-state index < -0.39 is 5.60 Å². The number of hydrogen-bond donors (Lipinski definition) is 1. The van der Waals surface area contributed by atoms with Gasteiger partial charge in [0.2, 0.25) is 0 Å². The van der Waals surface area contributed by atoms with Gasteiger partial charge in [-0.15, -0.1) is 10.2 Å². The molecule has 1 aliphatic heterocycles. The Labute approximate surface area is 140 Å². The number of likely N-dealkylation sites (tertiary alicyclic amines) is 1. The van der Waals surface area contributed by atoms with E-state index in [2.05, 4.69) is 22.1 Å². The molecule has 0 bridgehead atoms. The SMILES string of the molecule is CC(C)(C)OC(=O)N1CCC(C)(c2cc3cc(Cl)nnc3[nH]2)C1. The van der Waals surface area contributed by atoms with Gasteiger partial charge >= 0.3 is 6.09 Å². The lowest BCUT2D eigenvalue weighted by atomic mass is 9.86. The maximum atomic E-state index is 12.3. The molecular formula is C16H21ClN4O2. The monoisotopic (exact) mass is 336 g/mol. The number of aromatic amines is 1. The highest BCUT2D eigenvalue weighted by Gasteiger charge is 2.40. The number of aromatic nitrogens is 3. The minimum absolute atomic E-state index is 0.163. The van der Waals surface area contributed by atoms with Crippen LogP contribution in [0.15, 0.2) is 12.1 Å². The molecule has 1 amide bonds. The first-order chi connectivity index (χ1) is 10.7. The summed E-state index contributed by atoms with van der Waals surface area (Å²) in [5.41, 5.74) is 1.10. The van der Waals surface area contributed by atoms with E-state index in [1.807, 2.05) is 26.8 Å². The molecule has 3 rings (SSSR count). The summed E-state index contributed by atoms with van der Waals surface area (Å²) in [5.74, 6) is 0. The van der Waals surface area contributed by atoms with E-state index >= 15 is 0 Å². The van der Waals surface area contributed by atoms with Crippen molar-refractivity contribution < 1.29 is 9.53 Å². The van der Waals surface area contributed by atoms with Gasteiger partial charge in [0.25, 0.3) is 0 Å². The fourth-order valence-corrected chi connectivity index (χ4v) is 3.05. The Morgan fingerprint density at radius 2 is 2.13 bits per heavy atom. The number of amides is 1. The summed E-state index contributed by atoms with van der Waals surface area (Å²) in [6.07, 6.45) is 0.598. The normalized spacial score (nSPS) is 21.9. The Morgan fingerprint density at radius 3 is 2.83 bits per heavy atom. The standard InChI is InChI=1S/C16H21ClN4O2/c1-15(2,3)23-14(22)21-6-5-16(4,9-21)11-7-10-8-12(17)19-20-13(10)18-11/h7-8H,5-6,9H2,1-4H3,(H,18,20). The third kappa shape index (κ3) is 3.27. The average Bonchev–Trinajstić information content (AvgIpc) is 3.01. The van der Waals surface area contributed by atoms with Crippen molar-refractivity contribution in [3.8, 4) is 0 Å². The van der Waals surface area contributed by atoms with E-state index in [1.54, 1.807) is 11.0 Å². The van der Waals surface area contributed by atoms with Crippen LogP contribution in [-0.2, 0) is 10.2 Å². The van der Waals surface area contributed by atoms with Crippen LogP contribution in [0.4, 0.5) is 4.79 Å². The molecule has 2 aromatic heterocycles. The molecule has 0 aliphatic carbocycles. The first-order valence-corrected chi connectivity index (χ1v) is 8.04. The highest BCUT2D eigenvalue weighted by Crippen LogP contribution is 2.35. The molecule has 1 saturated heterocycles. The Kier molecular flexibility index (Phi) is 3.75. The zero-order valence-corrected chi connectivity index (χ0v) is 14.6. The first kappa shape index (κ1) is 16.1. The molecule has 0 saturated carbocycles. The summed E-state index contributed by atoms with van der Waals surface area (Å²) in [6.45, 7) is 9.04. The van der Waals surface area contributed by atoms with Crippen molar-refractivity contribution in [3.63, 3.8) is 0 Å². The highest BCUT2D eigenvalue weighted by atomic mass is 35.5. The Morgan fingerprint density at radius 1 is 1.39 bits per heavy atom. The minimum atomic E-state index is -0.483.